The van der Waals surface area contributed by atoms with Gasteiger partial charge in [-0.15, -0.1) is 0 Å². The van der Waals surface area contributed by atoms with Crippen molar-refractivity contribution in [3.8, 4) is 0 Å². The number of carbonyl (C=O) groups is 4. The minimum atomic E-state index is -1.36. The van der Waals surface area contributed by atoms with E-state index < -0.39 is 17.9 Å². The van der Waals surface area contributed by atoms with Gasteiger partial charge in [-0.05, 0) is 18.9 Å². The third-order valence-corrected chi connectivity index (χ3v) is 5.28. The van der Waals surface area contributed by atoms with Crippen LogP contribution in [-0.2, 0) is 9.59 Å². The highest BCUT2D eigenvalue weighted by Crippen LogP contribution is 2.31. The molecule has 0 unspecified atom stereocenters. The standard InChI is InChI=1S/C23H23NO6/c25-20-14-8-4-5-9-15(14)21(26)19-16(20)11-7-12-18(19)24-13-6-2-1-3-10-17(22(27)28)23(29)30/h4-5,7-9,11-12,17,24H,1-3,6,10,13H2,(H,27,28)(H,29,30). The number of benzene rings is 2. The molecule has 0 spiro atoms. The molecule has 0 saturated heterocycles. The third kappa shape index (κ3) is 4.40. The number of rotatable bonds is 10. The molecule has 0 amide bonds. The van der Waals surface area contributed by atoms with Gasteiger partial charge in [0.15, 0.2) is 17.5 Å². The topological polar surface area (TPSA) is 121 Å². The highest BCUT2D eigenvalue weighted by Gasteiger charge is 2.31. The number of carboxylic acids is 2. The van der Waals surface area contributed by atoms with Gasteiger partial charge in [0.2, 0.25) is 0 Å². The molecule has 0 heterocycles. The molecule has 0 saturated carbocycles. The third-order valence-electron chi connectivity index (χ3n) is 5.28. The minimum Gasteiger partial charge on any atom is -0.481 e. The average molecular weight is 409 g/mol. The first-order valence-corrected chi connectivity index (χ1v) is 9.92. The average Bonchev–Trinajstić information content (AvgIpc) is 2.73. The molecule has 0 atom stereocenters. The van der Waals surface area contributed by atoms with Gasteiger partial charge in [-0.25, -0.2) is 0 Å². The lowest BCUT2D eigenvalue weighted by Crippen LogP contribution is -2.23. The lowest BCUT2D eigenvalue weighted by molar-refractivity contribution is -0.154. The minimum absolute atomic E-state index is 0.111. The van der Waals surface area contributed by atoms with E-state index in [1.165, 1.54) is 0 Å². The molecule has 2 aromatic rings. The van der Waals surface area contributed by atoms with E-state index in [1.54, 1.807) is 42.5 Å². The Morgan fingerprint density at radius 1 is 0.767 bits per heavy atom. The summed E-state index contributed by atoms with van der Waals surface area (Å²) in [4.78, 5) is 47.4. The molecule has 2 aromatic carbocycles. The molecular weight excluding hydrogens is 386 g/mol. The first kappa shape index (κ1) is 21.2. The van der Waals surface area contributed by atoms with E-state index in [2.05, 4.69) is 5.32 Å². The second-order valence-electron chi connectivity index (χ2n) is 7.29. The number of unbranched alkanes of at least 4 members (excludes halogenated alkanes) is 3. The van der Waals surface area contributed by atoms with Crippen LogP contribution < -0.4 is 5.32 Å². The van der Waals surface area contributed by atoms with E-state index in [0.29, 0.717) is 40.9 Å². The zero-order valence-corrected chi connectivity index (χ0v) is 16.4. The Kier molecular flexibility index (Phi) is 6.61. The van der Waals surface area contributed by atoms with Crippen molar-refractivity contribution in [3.63, 3.8) is 0 Å². The molecule has 7 heteroatoms. The molecule has 3 rings (SSSR count). The summed E-state index contributed by atoms with van der Waals surface area (Å²) in [6, 6.07) is 12.0. The lowest BCUT2D eigenvalue weighted by Gasteiger charge is -2.20. The second-order valence-corrected chi connectivity index (χ2v) is 7.29. The Balaban J connectivity index is 1.54. The summed E-state index contributed by atoms with van der Waals surface area (Å²) in [6.07, 6.45) is 2.92. The van der Waals surface area contributed by atoms with Gasteiger partial charge in [0.1, 0.15) is 0 Å². The number of ketones is 2. The molecule has 0 bridgehead atoms. The van der Waals surface area contributed by atoms with E-state index in [1.807, 2.05) is 0 Å². The maximum Gasteiger partial charge on any atom is 0.317 e. The molecule has 1 aliphatic carbocycles. The largest absolute Gasteiger partial charge is 0.481 e. The number of carbonyl (C=O) groups excluding carboxylic acids is 2. The Labute approximate surface area is 173 Å². The maximum absolute atomic E-state index is 12.9. The van der Waals surface area contributed by atoms with E-state index in [0.717, 1.165) is 19.3 Å². The van der Waals surface area contributed by atoms with Crippen molar-refractivity contribution in [1.82, 2.24) is 0 Å². The van der Waals surface area contributed by atoms with Gasteiger partial charge in [-0.2, -0.15) is 0 Å². The molecule has 0 fully saturated rings. The molecular formula is C23H23NO6. The molecule has 7 nitrogen and oxygen atoms in total. The summed E-state index contributed by atoms with van der Waals surface area (Å²) in [7, 11) is 0. The number of anilines is 1. The van der Waals surface area contributed by atoms with Crippen LogP contribution in [0.3, 0.4) is 0 Å². The molecule has 1 aliphatic rings. The number of hydrogen-bond acceptors (Lipinski definition) is 5. The molecule has 0 radical (unpaired) electrons. The smallest absolute Gasteiger partial charge is 0.317 e. The van der Waals surface area contributed by atoms with Crippen LogP contribution in [0.15, 0.2) is 42.5 Å². The van der Waals surface area contributed by atoms with Crippen LogP contribution >= 0.6 is 0 Å². The van der Waals surface area contributed by atoms with Crippen molar-refractivity contribution in [2.45, 2.75) is 32.1 Å². The first-order valence-electron chi connectivity index (χ1n) is 9.92. The van der Waals surface area contributed by atoms with Gasteiger partial charge in [-0.3, -0.25) is 19.2 Å². The molecule has 0 aromatic heterocycles. The summed E-state index contributed by atoms with van der Waals surface area (Å²) in [5.74, 6) is -4.30. The Morgan fingerprint density at radius 3 is 2.03 bits per heavy atom. The van der Waals surface area contributed by atoms with Crippen molar-refractivity contribution in [2.75, 3.05) is 11.9 Å². The van der Waals surface area contributed by atoms with Gasteiger partial charge < -0.3 is 15.5 Å². The van der Waals surface area contributed by atoms with Crippen LogP contribution in [0.5, 0.6) is 0 Å². The quantitative estimate of drug-likeness (QED) is 0.345. The van der Waals surface area contributed by atoms with Crippen molar-refractivity contribution < 1.29 is 29.4 Å². The van der Waals surface area contributed by atoms with E-state index in [9.17, 15) is 19.2 Å². The highest BCUT2D eigenvalue weighted by atomic mass is 16.4. The fourth-order valence-electron chi connectivity index (χ4n) is 3.69. The van der Waals surface area contributed by atoms with Crippen LogP contribution in [0.4, 0.5) is 5.69 Å². The van der Waals surface area contributed by atoms with Gasteiger partial charge in [0.25, 0.3) is 0 Å². The molecule has 156 valence electrons. The first-order chi connectivity index (χ1) is 14.4. The van der Waals surface area contributed by atoms with Crippen LogP contribution in [0.2, 0.25) is 0 Å². The van der Waals surface area contributed by atoms with Gasteiger partial charge in [0.05, 0.1) is 5.56 Å². The summed E-state index contributed by atoms with van der Waals surface area (Å²) >= 11 is 0. The van der Waals surface area contributed by atoms with Crippen molar-refractivity contribution >= 4 is 29.2 Å². The van der Waals surface area contributed by atoms with Crippen LogP contribution in [0.25, 0.3) is 0 Å². The number of aliphatic carboxylic acids is 2. The molecule has 30 heavy (non-hydrogen) atoms. The maximum atomic E-state index is 12.9. The van der Waals surface area contributed by atoms with E-state index >= 15 is 0 Å². The second kappa shape index (κ2) is 9.35. The Hall–Kier alpha value is -3.48. The fourth-order valence-corrected chi connectivity index (χ4v) is 3.69. The zero-order valence-electron chi connectivity index (χ0n) is 16.4. The van der Waals surface area contributed by atoms with E-state index in [-0.39, 0.29) is 18.0 Å². The van der Waals surface area contributed by atoms with Crippen molar-refractivity contribution in [1.29, 1.82) is 0 Å². The van der Waals surface area contributed by atoms with Crippen molar-refractivity contribution in [3.05, 3.63) is 64.7 Å². The summed E-state index contributed by atoms with van der Waals surface area (Å²) in [5, 5.41) is 21.0. The van der Waals surface area contributed by atoms with E-state index in [4.69, 9.17) is 10.2 Å². The van der Waals surface area contributed by atoms with Gasteiger partial charge in [-0.1, -0.05) is 55.7 Å². The monoisotopic (exact) mass is 409 g/mol. The summed E-state index contributed by atoms with van der Waals surface area (Å²) in [6.45, 7) is 0.584. The van der Waals surface area contributed by atoms with Crippen LogP contribution in [0, 0.1) is 5.92 Å². The van der Waals surface area contributed by atoms with Crippen molar-refractivity contribution in [2.24, 2.45) is 5.92 Å². The van der Waals surface area contributed by atoms with Crippen LogP contribution in [0.1, 0.15) is 63.9 Å². The molecule has 0 aliphatic heterocycles. The number of nitrogens with one attached hydrogen (secondary N) is 1. The SMILES string of the molecule is O=C1c2ccccc2C(=O)c2c(NCCCCCCC(C(=O)O)C(=O)O)cccc21. The fraction of sp³-hybridized carbons (Fsp3) is 0.304. The predicted molar refractivity (Wildman–Crippen MR) is 110 cm³/mol. The zero-order chi connectivity index (χ0) is 21.7. The lowest BCUT2D eigenvalue weighted by atomic mass is 9.83. The normalized spacial score (nSPS) is 12.4. The number of fused-ring (bicyclic) bond motifs is 2. The Morgan fingerprint density at radius 2 is 1.37 bits per heavy atom. The summed E-state index contributed by atoms with van der Waals surface area (Å²) < 4.78 is 0. The highest BCUT2D eigenvalue weighted by molar-refractivity contribution is 6.30. The van der Waals surface area contributed by atoms with Gasteiger partial charge >= 0.3 is 11.9 Å². The number of carboxylic acid groups (broad SMARTS) is 2. The van der Waals surface area contributed by atoms with Crippen LogP contribution in [-0.4, -0.2) is 40.3 Å². The Bertz CT molecular complexity index is 983. The van der Waals surface area contributed by atoms with Gasteiger partial charge in [0, 0.05) is 28.9 Å². The summed E-state index contributed by atoms with van der Waals surface area (Å²) in [5.41, 5.74) is 2.25. The molecule has 3 N–H and O–H groups in total. The predicted octanol–water partition coefficient (Wildman–Crippen LogP) is 3.61. The number of hydrogen-bond donors (Lipinski definition) is 3.